The van der Waals surface area contributed by atoms with Crippen molar-refractivity contribution in [2.75, 3.05) is 43.2 Å². The first-order valence-electron chi connectivity index (χ1n) is 18.8. The van der Waals surface area contributed by atoms with Gasteiger partial charge in [-0.3, -0.25) is 9.59 Å². The summed E-state index contributed by atoms with van der Waals surface area (Å²) < 4.78 is 72.1. The van der Waals surface area contributed by atoms with E-state index in [4.69, 9.17) is 21.1 Å². The molecule has 12 heteroatoms. The van der Waals surface area contributed by atoms with Crippen molar-refractivity contribution in [2.45, 2.75) is 75.5 Å². The number of aryl methyl sites for hydroxylation is 2. The molecule has 0 N–H and O–H groups in total. The van der Waals surface area contributed by atoms with Gasteiger partial charge in [-0.25, -0.2) is 4.21 Å². The van der Waals surface area contributed by atoms with E-state index in [0.29, 0.717) is 48.6 Å². The van der Waals surface area contributed by atoms with E-state index in [1.54, 1.807) is 25.3 Å². The van der Waals surface area contributed by atoms with Crippen molar-refractivity contribution in [2.24, 2.45) is 16.2 Å². The summed E-state index contributed by atoms with van der Waals surface area (Å²) in [4.78, 5) is 29.6. The molecule has 1 amide bonds. The Balaban J connectivity index is 1.22. The van der Waals surface area contributed by atoms with Gasteiger partial charge in [0.05, 0.1) is 39.4 Å². The SMILES string of the molecule is CO[C@H]1/C=C/CCC[S@@](=O)(CC(=O)CCc2ccccc2C(F)(F)F)=NC(=O)c2ccc3c(c2)N(C[C@@H]2CC[C@H]21)C[C@@]1(CCCc2cc(Cl)ccc21)CO3. The molecule has 54 heavy (non-hydrogen) atoms. The number of alkyl halides is 3. The van der Waals surface area contributed by atoms with Crippen LogP contribution in [0, 0.1) is 11.8 Å². The van der Waals surface area contributed by atoms with Crippen molar-refractivity contribution in [1.82, 2.24) is 0 Å². The number of carbonyl (C=O) groups is 2. The number of carbonyl (C=O) groups excluding carboxylic acids is 2. The van der Waals surface area contributed by atoms with Crippen molar-refractivity contribution in [3.05, 3.63) is 106 Å². The van der Waals surface area contributed by atoms with Gasteiger partial charge in [0.1, 0.15) is 11.5 Å². The predicted octanol–water partition coefficient (Wildman–Crippen LogP) is 9.03. The summed E-state index contributed by atoms with van der Waals surface area (Å²) in [5.74, 6) is -0.436. The highest BCUT2D eigenvalue weighted by Crippen LogP contribution is 2.47. The molecule has 1 fully saturated rings. The fourth-order valence-electron chi connectivity index (χ4n) is 8.80. The Morgan fingerprint density at radius 1 is 1.11 bits per heavy atom. The third-order valence-electron chi connectivity index (χ3n) is 11.7. The van der Waals surface area contributed by atoms with Crippen LogP contribution < -0.4 is 9.64 Å². The van der Waals surface area contributed by atoms with E-state index in [2.05, 4.69) is 27.5 Å². The Morgan fingerprint density at radius 3 is 2.72 bits per heavy atom. The number of nitrogens with zero attached hydrogens (tertiary/aromatic N) is 2. The second-order valence-corrected chi connectivity index (χ2v) is 18.1. The molecule has 288 valence electrons. The minimum absolute atomic E-state index is 0.00937. The highest BCUT2D eigenvalue weighted by molar-refractivity contribution is 7.94. The van der Waals surface area contributed by atoms with Crippen molar-refractivity contribution in [3.8, 4) is 5.75 Å². The van der Waals surface area contributed by atoms with Crippen molar-refractivity contribution in [3.63, 3.8) is 0 Å². The van der Waals surface area contributed by atoms with Gasteiger partial charge < -0.3 is 14.4 Å². The van der Waals surface area contributed by atoms with Crippen LogP contribution in [0.1, 0.15) is 77.6 Å². The molecule has 7 nitrogen and oxygen atoms in total. The zero-order valence-corrected chi connectivity index (χ0v) is 32.0. The first kappa shape index (κ1) is 38.6. The number of anilines is 1. The van der Waals surface area contributed by atoms with Gasteiger partial charge in [0.15, 0.2) is 0 Å². The normalized spacial score (nSPS) is 27.8. The molecular formula is C42H46ClF3N2O5S. The number of hydrogen-bond donors (Lipinski definition) is 0. The number of hydrogen-bond acceptors (Lipinski definition) is 6. The van der Waals surface area contributed by atoms with Crippen molar-refractivity contribution >= 4 is 38.7 Å². The molecule has 2 aliphatic heterocycles. The molecule has 4 aliphatic rings. The van der Waals surface area contributed by atoms with Crippen LogP contribution in [-0.2, 0) is 43.7 Å². The lowest BCUT2D eigenvalue weighted by molar-refractivity contribution is -0.138. The second-order valence-electron chi connectivity index (χ2n) is 15.3. The Morgan fingerprint density at radius 2 is 1.94 bits per heavy atom. The van der Waals surface area contributed by atoms with Crippen molar-refractivity contribution in [1.29, 1.82) is 0 Å². The largest absolute Gasteiger partial charge is 0.490 e. The lowest BCUT2D eigenvalue weighted by Gasteiger charge is -2.46. The van der Waals surface area contributed by atoms with Crippen LogP contribution in [0.25, 0.3) is 0 Å². The van der Waals surface area contributed by atoms with Gasteiger partial charge in [-0.1, -0.05) is 48.0 Å². The summed E-state index contributed by atoms with van der Waals surface area (Å²) in [6, 6.07) is 16.4. The average Bonchev–Trinajstić information content (AvgIpc) is 3.27. The summed E-state index contributed by atoms with van der Waals surface area (Å²) >= 11 is 6.44. The van der Waals surface area contributed by atoms with Crippen molar-refractivity contribution < 1.29 is 36.4 Å². The fraction of sp³-hybridized carbons (Fsp3) is 0.476. The molecule has 2 heterocycles. The number of Topliss-reactive ketones (excluding diaryl/α,β-unsaturated/α-hetero) is 1. The van der Waals surface area contributed by atoms with Crippen LogP contribution in [0.3, 0.4) is 0 Å². The molecule has 3 aromatic rings. The van der Waals surface area contributed by atoms with E-state index in [1.165, 1.54) is 29.3 Å². The molecule has 1 spiro atoms. The van der Waals surface area contributed by atoms with E-state index in [9.17, 15) is 27.0 Å². The van der Waals surface area contributed by atoms with E-state index < -0.39 is 38.9 Å². The number of halogens is 4. The maximum atomic E-state index is 14.4. The minimum Gasteiger partial charge on any atom is -0.490 e. The standard InChI is InChI=1S/C42H46ClF3N2O5S/c1-52-38-11-3-2-6-21-54(51,25-33(49)16-12-28-8-4-5-10-36(28)42(44,45)46)47-40(50)30-14-19-39-37(23-30)48(24-31-13-17-34(31)38)26-41(27-53-39)20-7-9-29-22-32(43)15-18-35(29)41/h3-5,8,10-11,14-15,18-19,22-23,31,34,38H,2,6-7,9,12-13,16-17,20-21,24-27H2,1H3/b11-3+/t31-,34+,38-,41-,54+/m0/s1. The predicted molar refractivity (Wildman–Crippen MR) is 205 cm³/mol. The topological polar surface area (TPSA) is 85.3 Å². The number of rotatable bonds is 6. The molecule has 5 atom stereocenters. The third-order valence-corrected chi connectivity index (χ3v) is 14.1. The molecule has 1 saturated carbocycles. The summed E-state index contributed by atoms with van der Waals surface area (Å²) in [7, 11) is -1.68. The van der Waals surface area contributed by atoms with Crippen LogP contribution in [0.2, 0.25) is 5.02 Å². The Bertz CT molecular complexity index is 2060. The van der Waals surface area contributed by atoms with Gasteiger partial charge in [0, 0.05) is 48.4 Å². The van der Waals surface area contributed by atoms with Gasteiger partial charge >= 0.3 is 6.18 Å². The number of ketones is 1. The van der Waals surface area contributed by atoms with E-state index >= 15 is 0 Å². The summed E-state index contributed by atoms with van der Waals surface area (Å²) in [5, 5.41) is 0.710. The first-order chi connectivity index (χ1) is 25.9. The molecule has 0 radical (unpaired) electrons. The number of fused-ring (bicyclic) bond motifs is 4. The zero-order valence-electron chi connectivity index (χ0n) is 30.4. The lowest BCUT2D eigenvalue weighted by Crippen LogP contribution is -2.49. The van der Waals surface area contributed by atoms with Gasteiger partial charge in [-0.05, 0) is 116 Å². The van der Waals surface area contributed by atoms with Gasteiger partial charge in [-0.2, -0.15) is 17.5 Å². The van der Waals surface area contributed by atoms with Crippen LogP contribution in [0.15, 0.2) is 77.2 Å². The third kappa shape index (κ3) is 8.28. The molecule has 0 unspecified atom stereocenters. The smallest absolute Gasteiger partial charge is 0.416 e. The number of allylic oxidation sites excluding steroid dienone is 1. The van der Waals surface area contributed by atoms with Crippen LogP contribution in [-0.4, -0.2) is 60.3 Å². The highest BCUT2D eigenvalue weighted by atomic mass is 35.5. The monoisotopic (exact) mass is 782 g/mol. The molecule has 3 aromatic carbocycles. The Labute approximate surface area is 320 Å². The first-order valence-corrected chi connectivity index (χ1v) is 21.0. The lowest BCUT2D eigenvalue weighted by atomic mass is 9.68. The number of methoxy groups -OCH3 is 1. The fourth-order valence-corrected chi connectivity index (χ4v) is 11.0. The number of amides is 1. The molecule has 2 aliphatic carbocycles. The molecule has 0 saturated heterocycles. The van der Waals surface area contributed by atoms with Gasteiger partial charge in [-0.15, -0.1) is 0 Å². The second kappa shape index (κ2) is 15.8. The van der Waals surface area contributed by atoms with Crippen LogP contribution >= 0.6 is 11.6 Å². The molecule has 0 aromatic heterocycles. The Kier molecular flexibility index (Phi) is 11.3. The van der Waals surface area contributed by atoms with Gasteiger partial charge in [0.2, 0.25) is 0 Å². The maximum absolute atomic E-state index is 14.4. The van der Waals surface area contributed by atoms with Crippen LogP contribution in [0.4, 0.5) is 18.9 Å². The quantitative estimate of drug-likeness (QED) is 0.232. The van der Waals surface area contributed by atoms with E-state index in [0.717, 1.165) is 50.4 Å². The summed E-state index contributed by atoms with van der Waals surface area (Å²) in [6.07, 6.45) is 4.88. The van der Waals surface area contributed by atoms with E-state index in [1.807, 2.05) is 12.1 Å². The summed E-state index contributed by atoms with van der Waals surface area (Å²) in [6.45, 7) is 1.86. The molecular weight excluding hydrogens is 737 g/mol. The van der Waals surface area contributed by atoms with E-state index in [-0.39, 0.29) is 41.2 Å². The molecule has 2 bridgehead atoms. The number of benzene rings is 3. The summed E-state index contributed by atoms with van der Waals surface area (Å²) in [5.41, 5.74) is 2.35. The average molecular weight is 783 g/mol. The number of ether oxygens (including phenoxy) is 2. The minimum atomic E-state index is -4.56. The Hall–Kier alpha value is -3.67. The molecule has 7 rings (SSSR count). The highest BCUT2D eigenvalue weighted by Gasteiger charge is 2.44. The van der Waals surface area contributed by atoms with Gasteiger partial charge in [0.25, 0.3) is 5.91 Å². The maximum Gasteiger partial charge on any atom is 0.416 e. The zero-order chi connectivity index (χ0) is 38.1. The van der Waals surface area contributed by atoms with Crippen LogP contribution in [0.5, 0.6) is 5.75 Å².